The summed E-state index contributed by atoms with van der Waals surface area (Å²) >= 11 is 0. The van der Waals surface area contributed by atoms with Crippen LogP contribution < -0.4 is 10.7 Å². The van der Waals surface area contributed by atoms with E-state index in [2.05, 4.69) is 17.4 Å². The lowest BCUT2D eigenvalue weighted by Crippen LogP contribution is -2.26. The van der Waals surface area contributed by atoms with Gasteiger partial charge in [0.15, 0.2) is 11.2 Å². The van der Waals surface area contributed by atoms with Crippen molar-refractivity contribution in [1.82, 2.24) is 5.32 Å². The largest absolute Gasteiger partial charge is 0.459 e. The van der Waals surface area contributed by atoms with E-state index in [1.54, 1.807) is 0 Å². The van der Waals surface area contributed by atoms with Gasteiger partial charge >= 0.3 is 0 Å². The predicted octanol–water partition coefficient (Wildman–Crippen LogP) is 3.80. The highest BCUT2D eigenvalue weighted by Crippen LogP contribution is 2.19. The molecule has 4 heteroatoms. The zero-order chi connectivity index (χ0) is 17.6. The number of carbonyl (C=O) groups is 1. The van der Waals surface area contributed by atoms with E-state index in [0.717, 1.165) is 16.7 Å². The molecule has 1 amide bonds. The Labute approximate surface area is 146 Å². The minimum absolute atomic E-state index is 0.0934. The molecule has 1 aromatic heterocycles. The topological polar surface area (TPSA) is 59.3 Å². The van der Waals surface area contributed by atoms with Gasteiger partial charge in [-0.15, -0.1) is 0 Å². The molecule has 0 radical (unpaired) electrons. The first-order valence-corrected chi connectivity index (χ1v) is 8.22. The third-order valence-corrected chi connectivity index (χ3v) is 4.05. The zero-order valence-electron chi connectivity index (χ0n) is 14.0. The minimum Gasteiger partial charge on any atom is -0.459 e. The van der Waals surface area contributed by atoms with Crippen molar-refractivity contribution in [2.45, 2.75) is 19.9 Å². The molecule has 1 heterocycles. The molecular weight excluding hydrogens is 314 g/mol. The van der Waals surface area contributed by atoms with Gasteiger partial charge in [-0.3, -0.25) is 9.59 Å². The molecule has 0 atom stereocenters. The number of hydrogen-bond acceptors (Lipinski definition) is 3. The zero-order valence-corrected chi connectivity index (χ0v) is 14.0. The lowest BCUT2D eigenvalue weighted by Gasteiger charge is -2.08. The van der Waals surface area contributed by atoms with Crippen LogP contribution in [0.4, 0.5) is 0 Å². The molecule has 0 unspecified atom stereocenters. The summed E-state index contributed by atoms with van der Waals surface area (Å²) in [5, 5.41) is 2.80. The fourth-order valence-corrected chi connectivity index (χ4v) is 2.68. The first-order chi connectivity index (χ1) is 12.2. The maximum Gasteiger partial charge on any atom is 0.287 e. The van der Waals surface area contributed by atoms with E-state index in [0.29, 0.717) is 18.5 Å². The van der Waals surface area contributed by atoms with Crippen LogP contribution in [-0.4, -0.2) is 5.91 Å². The molecular formula is C21H19NO3. The Kier molecular flexibility index (Phi) is 5.09. The van der Waals surface area contributed by atoms with Crippen molar-refractivity contribution in [3.8, 4) is 11.1 Å². The van der Waals surface area contributed by atoms with Gasteiger partial charge in [0.25, 0.3) is 5.91 Å². The summed E-state index contributed by atoms with van der Waals surface area (Å²) in [6, 6.07) is 19.4. The van der Waals surface area contributed by atoms with Crippen LogP contribution in [0.1, 0.15) is 28.6 Å². The van der Waals surface area contributed by atoms with Gasteiger partial charge in [0.05, 0.1) is 6.26 Å². The van der Waals surface area contributed by atoms with Crippen LogP contribution in [0.3, 0.4) is 0 Å². The molecule has 0 aliphatic heterocycles. The second-order valence-corrected chi connectivity index (χ2v) is 5.69. The maximum atomic E-state index is 12.3. The molecule has 0 aliphatic rings. The monoisotopic (exact) mass is 333 g/mol. The van der Waals surface area contributed by atoms with Crippen LogP contribution >= 0.6 is 0 Å². The Balaban J connectivity index is 1.69. The van der Waals surface area contributed by atoms with Gasteiger partial charge in [0.1, 0.15) is 0 Å². The molecule has 0 saturated carbocycles. The van der Waals surface area contributed by atoms with Gasteiger partial charge in [-0.1, -0.05) is 61.5 Å². The van der Waals surface area contributed by atoms with Crippen molar-refractivity contribution >= 4 is 5.91 Å². The second kappa shape index (κ2) is 7.62. The van der Waals surface area contributed by atoms with Gasteiger partial charge in [-0.25, -0.2) is 0 Å². The molecule has 3 aromatic rings. The smallest absolute Gasteiger partial charge is 0.287 e. The van der Waals surface area contributed by atoms with E-state index in [9.17, 15) is 9.59 Å². The number of hydrogen-bond donors (Lipinski definition) is 1. The van der Waals surface area contributed by atoms with Crippen molar-refractivity contribution in [2.75, 3.05) is 0 Å². The van der Waals surface area contributed by atoms with Gasteiger partial charge < -0.3 is 9.73 Å². The SMILES string of the molecule is CCc1c(C(=O)NCc2ccc(-c3ccccc3)cc2)occc1=O. The molecule has 0 bridgehead atoms. The summed E-state index contributed by atoms with van der Waals surface area (Å²) in [5.41, 5.74) is 3.48. The minimum atomic E-state index is -0.373. The van der Waals surface area contributed by atoms with E-state index in [1.807, 2.05) is 49.4 Å². The highest BCUT2D eigenvalue weighted by atomic mass is 16.3. The maximum absolute atomic E-state index is 12.3. The molecule has 0 spiro atoms. The van der Waals surface area contributed by atoms with Crippen molar-refractivity contribution in [1.29, 1.82) is 0 Å². The highest BCUT2D eigenvalue weighted by Gasteiger charge is 2.15. The van der Waals surface area contributed by atoms with Crippen LogP contribution in [0, 0.1) is 0 Å². The number of rotatable bonds is 5. The van der Waals surface area contributed by atoms with Crippen molar-refractivity contribution in [3.05, 3.63) is 94.0 Å². The summed E-state index contributed by atoms with van der Waals surface area (Å²) in [6.07, 6.45) is 1.71. The fourth-order valence-electron chi connectivity index (χ4n) is 2.68. The average Bonchev–Trinajstić information content (AvgIpc) is 2.67. The molecule has 0 fully saturated rings. The summed E-state index contributed by atoms with van der Waals surface area (Å²) < 4.78 is 5.25. The van der Waals surface area contributed by atoms with E-state index in [1.165, 1.54) is 12.3 Å². The summed E-state index contributed by atoms with van der Waals surface area (Å²) in [5.74, 6) is -0.280. The third-order valence-electron chi connectivity index (χ3n) is 4.05. The fraction of sp³-hybridized carbons (Fsp3) is 0.143. The van der Waals surface area contributed by atoms with Crippen LogP contribution in [0.25, 0.3) is 11.1 Å². The van der Waals surface area contributed by atoms with E-state index >= 15 is 0 Å². The summed E-state index contributed by atoms with van der Waals surface area (Å²) in [4.78, 5) is 24.1. The lowest BCUT2D eigenvalue weighted by molar-refractivity contribution is 0.0919. The van der Waals surface area contributed by atoms with Crippen LogP contribution in [-0.2, 0) is 13.0 Å². The summed E-state index contributed by atoms with van der Waals surface area (Å²) in [7, 11) is 0. The molecule has 2 aromatic carbocycles. The summed E-state index contributed by atoms with van der Waals surface area (Å²) in [6.45, 7) is 2.20. The van der Waals surface area contributed by atoms with Crippen molar-refractivity contribution < 1.29 is 9.21 Å². The van der Waals surface area contributed by atoms with Crippen LogP contribution in [0.15, 0.2) is 76.1 Å². The predicted molar refractivity (Wildman–Crippen MR) is 97.4 cm³/mol. The highest BCUT2D eigenvalue weighted by molar-refractivity contribution is 5.92. The van der Waals surface area contributed by atoms with E-state index in [4.69, 9.17) is 4.42 Å². The Morgan fingerprint density at radius 1 is 0.960 bits per heavy atom. The molecule has 4 nitrogen and oxygen atoms in total. The Bertz CT molecular complexity index is 912. The number of amides is 1. The second-order valence-electron chi connectivity index (χ2n) is 5.69. The van der Waals surface area contributed by atoms with Gasteiger partial charge in [0.2, 0.25) is 0 Å². The Morgan fingerprint density at radius 3 is 2.32 bits per heavy atom. The first kappa shape index (κ1) is 16.7. The van der Waals surface area contributed by atoms with E-state index in [-0.39, 0.29) is 17.1 Å². The van der Waals surface area contributed by atoms with Gasteiger partial charge in [0, 0.05) is 18.2 Å². The lowest BCUT2D eigenvalue weighted by atomic mass is 10.0. The van der Waals surface area contributed by atoms with Crippen molar-refractivity contribution in [3.63, 3.8) is 0 Å². The normalized spacial score (nSPS) is 10.4. The number of carbonyl (C=O) groups excluding carboxylic acids is 1. The first-order valence-electron chi connectivity index (χ1n) is 8.22. The quantitative estimate of drug-likeness (QED) is 0.772. The van der Waals surface area contributed by atoms with Crippen LogP contribution in [0.2, 0.25) is 0 Å². The molecule has 126 valence electrons. The molecule has 3 rings (SSSR count). The number of benzene rings is 2. The van der Waals surface area contributed by atoms with Crippen LogP contribution in [0.5, 0.6) is 0 Å². The van der Waals surface area contributed by atoms with Crippen molar-refractivity contribution in [2.24, 2.45) is 0 Å². The average molecular weight is 333 g/mol. The van der Waals surface area contributed by atoms with E-state index < -0.39 is 0 Å². The molecule has 1 N–H and O–H groups in total. The molecule has 0 aliphatic carbocycles. The Morgan fingerprint density at radius 2 is 1.64 bits per heavy atom. The van der Waals surface area contributed by atoms with Gasteiger partial charge in [-0.05, 0) is 23.1 Å². The Hall–Kier alpha value is -3.14. The molecule has 0 saturated heterocycles. The molecule has 25 heavy (non-hydrogen) atoms. The number of nitrogens with one attached hydrogen (secondary N) is 1. The third kappa shape index (κ3) is 3.86. The van der Waals surface area contributed by atoms with Gasteiger partial charge in [-0.2, -0.15) is 0 Å². The standard InChI is InChI=1S/C21H19NO3/c1-2-18-19(23)12-13-25-20(18)21(24)22-14-15-8-10-17(11-9-15)16-6-4-3-5-7-16/h3-13H,2,14H2,1H3,(H,22,24).